The molecule has 0 aliphatic carbocycles. The van der Waals surface area contributed by atoms with E-state index in [0.29, 0.717) is 12.1 Å². The van der Waals surface area contributed by atoms with E-state index in [9.17, 15) is 45.8 Å². The van der Waals surface area contributed by atoms with Gasteiger partial charge in [-0.25, -0.2) is 0 Å². The number of halogens is 6. The van der Waals surface area contributed by atoms with Crippen molar-refractivity contribution in [2.75, 3.05) is 26.2 Å². The van der Waals surface area contributed by atoms with E-state index in [2.05, 4.69) is 10.1 Å². The molecule has 0 unspecified atom stereocenters. The number of aliphatic hydroxyl groups excluding tert-OH is 1. The van der Waals surface area contributed by atoms with Crippen LogP contribution in [0.2, 0.25) is 0 Å². The molecular formula is C26H31F6N5O5. The van der Waals surface area contributed by atoms with Crippen molar-refractivity contribution < 1.29 is 50.6 Å². The first-order valence-electron chi connectivity index (χ1n) is 12.5. The minimum atomic E-state index is -4.94. The number of Topliss-reactive ketones (excluding diaryl/α,β-unsaturated/α-hetero) is 1. The Bertz CT molecular complexity index is 1190. The van der Waals surface area contributed by atoms with Crippen LogP contribution in [0.4, 0.5) is 26.3 Å². The zero-order valence-electron chi connectivity index (χ0n) is 22.1. The molecule has 0 aliphatic heterocycles. The summed E-state index contributed by atoms with van der Waals surface area (Å²) in [6.45, 7) is 0.522. The number of benzene rings is 2. The lowest BCUT2D eigenvalue weighted by Gasteiger charge is -2.26. The predicted molar refractivity (Wildman–Crippen MR) is 137 cm³/mol. The van der Waals surface area contributed by atoms with Crippen molar-refractivity contribution in [3.8, 4) is 5.75 Å². The second-order valence-corrected chi connectivity index (χ2v) is 9.15. The maximum atomic E-state index is 13.2. The molecule has 0 spiro atoms. The summed E-state index contributed by atoms with van der Waals surface area (Å²) in [5, 5.41) is 13.2. The average molecular weight is 608 g/mol. The fourth-order valence-corrected chi connectivity index (χ4v) is 3.86. The van der Waals surface area contributed by atoms with Gasteiger partial charge in [0.25, 0.3) is 0 Å². The van der Waals surface area contributed by atoms with Crippen molar-refractivity contribution in [3.63, 3.8) is 0 Å². The molecule has 10 nitrogen and oxygen atoms in total. The number of rotatable bonds is 14. The molecule has 0 heterocycles. The Labute approximate surface area is 236 Å². The molecule has 16 heteroatoms. The van der Waals surface area contributed by atoms with Crippen LogP contribution in [0.25, 0.3) is 0 Å². The molecule has 2 aromatic rings. The Morgan fingerprint density at radius 2 is 1.45 bits per heavy atom. The number of carbonyl (C=O) groups is 3. The lowest BCUT2D eigenvalue weighted by Crippen LogP contribution is -2.52. The van der Waals surface area contributed by atoms with Gasteiger partial charge in [0.2, 0.25) is 11.8 Å². The number of hydrogen-bond donors (Lipinski definition) is 5. The Morgan fingerprint density at radius 3 is 1.93 bits per heavy atom. The first-order valence-corrected chi connectivity index (χ1v) is 12.5. The van der Waals surface area contributed by atoms with Crippen molar-refractivity contribution in [3.05, 3.63) is 65.2 Å². The van der Waals surface area contributed by atoms with Gasteiger partial charge in [0.05, 0.1) is 18.0 Å². The summed E-state index contributed by atoms with van der Waals surface area (Å²) < 4.78 is 80.0. The van der Waals surface area contributed by atoms with Gasteiger partial charge in [-0.15, -0.1) is 13.2 Å². The molecule has 0 radical (unpaired) electrons. The summed E-state index contributed by atoms with van der Waals surface area (Å²) >= 11 is 0. The molecule has 2 amide bonds. The van der Waals surface area contributed by atoms with E-state index in [1.807, 2.05) is 0 Å². The summed E-state index contributed by atoms with van der Waals surface area (Å²) in [6.07, 6.45) is -12.5. The van der Waals surface area contributed by atoms with E-state index in [0.717, 1.165) is 36.4 Å². The summed E-state index contributed by atoms with van der Waals surface area (Å²) in [6, 6.07) is 4.14. The van der Waals surface area contributed by atoms with Crippen LogP contribution in [0, 0.1) is 0 Å². The highest BCUT2D eigenvalue weighted by Crippen LogP contribution is 2.31. The third-order valence-corrected chi connectivity index (χ3v) is 5.96. The van der Waals surface area contributed by atoms with Gasteiger partial charge in [-0.2, -0.15) is 13.2 Å². The van der Waals surface area contributed by atoms with E-state index in [1.54, 1.807) is 0 Å². The number of ketones is 1. The van der Waals surface area contributed by atoms with Crippen LogP contribution < -0.4 is 27.3 Å². The molecule has 0 saturated carbocycles. The summed E-state index contributed by atoms with van der Waals surface area (Å²) in [7, 11) is 0. The molecule has 0 fully saturated rings. The van der Waals surface area contributed by atoms with E-state index < -0.39 is 72.5 Å². The molecule has 0 aromatic heterocycles. The fourth-order valence-electron chi connectivity index (χ4n) is 3.86. The second kappa shape index (κ2) is 14.9. The third-order valence-electron chi connectivity index (χ3n) is 5.96. The lowest BCUT2D eigenvalue weighted by molar-refractivity contribution is -0.274. The largest absolute Gasteiger partial charge is 0.573 e. The lowest BCUT2D eigenvalue weighted by atomic mass is 9.94. The van der Waals surface area contributed by atoms with Crippen LogP contribution in [0.5, 0.6) is 5.75 Å². The highest BCUT2D eigenvalue weighted by molar-refractivity contribution is 5.94. The third kappa shape index (κ3) is 10.6. The van der Waals surface area contributed by atoms with Gasteiger partial charge in [-0.3, -0.25) is 14.4 Å². The maximum Gasteiger partial charge on any atom is 0.573 e. The molecule has 3 atom stereocenters. The van der Waals surface area contributed by atoms with Crippen molar-refractivity contribution in [2.24, 2.45) is 17.2 Å². The molecule has 42 heavy (non-hydrogen) atoms. The predicted octanol–water partition coefficient (Wildman–Crippen LogP) is 1.40. The Kier molecular flexibility index (Phi) is 12.3. The number of nitrogens with one attached hydrogen (secondary N) is 1. The summed E-state index contributed by atoms with van der Waals surface area (Å²) in [4.78, 5) is 39.9. The minimum Gasteiger partial charge on any atom is -0.406 e. The molecule has 8 N–H and O–H groups in total. The molecule has 0 saturated heterocycles. The number of amides is 2. The zero-order valence-corrected chi connectivity index (χ0v) is 22.1. The SMILES string of the molecule is NCCN(CCN)C(=O)C[C@H](N)C(=O)N[C@H](C(=O)Cc1ccc(OC(F)(F)F)cc1)[C@H](O)c1ccc(C(F)(F)F)cc1. The molecule has 2 rings (SSSR count). The van der Waals surface area contributed by atoms with Crippen LogP contribution in [-0.4, -0.2) is 72.2 Å². The van der Waals surface area contributed by atoms with Gasteiger partial charge in [0.15, 0.2) is 5.78 Å². The highest BCUT2D eigenvalue weighted by Gasteiger charge is 2.34. The Hall–Kier alpha value is -3.73. The topological polar surface area (TPSA) is 174 Å². The molecule has 232 valence electrons. The van der Waals surface area contributed by atoms with Gasteiger partial charge in [-0.05, 0) is 35.4 Å². The van der Waals surface area contributed by atoms with Crippen molar-refractivity contribution in [1.82, 2.24) is 10.2 Å². The summed E-state index contributed by atoms with van der Waals surface area (Å²) in [5.74, 6) is -2.99. The number of nitrogens with two attached hydrogens (primary N) is 3. The number of aliphatic hydroxyl groups is 1. The molecular weight excluding hydrogens is 576 g/mol. The number of hydrogen-bond acceptors (Lipinski definition) is 8. The van der Waals surface area contributed by atoms with Crippen molar-refractivity contribution in [2.45, 2.75) is 43.6 Å². The molecule has 0 aliphatic rings. The molecule has 0 bridgehead atoms. The smallest absolute Gasteiger partial charge is 0.406 e. The van der Waals surface area contributed by atoms with E-state index in [4.69, 9.17) is 17.2 Å². The van der Waals surface area contributed by atoms with Crippen LogP contribution in [0.3, 0.4) is 0 Å². The number of nitrogens with zero attached hydrogens (tertiary/aromatic N) is 1. The second-order valence-electron chi connectivity index (χ2n) is 9.15. The summed E-state index contributed by atoms with van der Waals surface area (Å²) in [5.41, 5.74) is 15.8. The van der Waals surface area contributed by atoms with Crippen LogP contribution in [-0.2, 0) is 27.0 Å². The van der Waals surface area contributed by atoms with Gasteiger partial charge in [-0.1, -0.05) is 24.3 Å². The number of carbonyl (C=O) groups excluding carboxylic acids is 3. The van der Waals surface area contributed by atoms with E-state index in [-0.39, 0.29) is 37.3 Å². The normalized spacial score (nSPS) is 14.0. The van der Waals surface area contributed by atoms with Gasteiger partial charge >= 0.3 is 12.5 Å². The number of alkyl halides is 6. The standard InChI is InChI=1S/C26H31F6N5O5/c27-25(28,29)17-5-3-16(4-6-17)23(40)22(20(38)13-15-1-7-18(8-2-15)42-26(30,31)32)36-24(41)19(35)14-21(39)37(11-9-33)12-10-34/h1-8,19,22-23,40H,9-14,33-35H2,(H,36,41)/t19-,22+,23+/m0/s1. The van der Waals surface area contributed by atoms with Crippen LogP contribution >= 0.6 is 0 Å². The van der Waals surface area contributed by atoms with Crippen LogP contribution in [0.15, 0.2) is 48.5 Å². The monoisotopic (exact) mass is 607 g/mol. The van der Waals surface area contributed by atoms with Crippen molar-refractivity contribution in [1.29, 1.82) is 0 Å². The highest BCUT2D eigenvalue weighted by atomic mass is 19.4. The zero-order chi connectivity index (χ0) is 31.7. The Balaban J connectivity index is 2.27. The molecule has 2 aromatic carbocycles. The maximum absolute atomic E-state index is 13.2. The van der Waals surface area contributed by atoms with E-state index >= 15 is 0 Å². The van der Waals surface area contributed by atoms with Gasteiger partial charge < -0.3 is 37.3 Å². The van der Waals surface area contributed by atoms with Gasteiger partial charge in [0, 0.05) is 32.6 Å². The van der Waals surface area contributed by atoms with Crippen molar-refractivity contribution >= 4 is 17.6 Å². The van der Waals surface area contributed by atoms with Crippen LogP contribution in [0.1, 0.15) is 29.2 Å². The average Bonchev–Trinajstić information content (AvgIpc) is 2.90. The van der Waals surface area contributed by atoms with E-state index in [1.165, 1.54) is 4.90 Å². The minimum absolute atomic E-state index is 0.117. The first-order chi connectivity index (χ1) is 19.6. The van der Waals surface area contributed by atoms with Gasteiger partial charge in [0.1, 0.15) is 17.9 Å². The quantitative estimate of drug-likeness (QED) is 0.200. The Morgan fingerprint density at radius 1 is 0.905 bits per heavy atom. The number of ether oxygens (including phenoxy) is 1. The fraction of sp³-hybridized carbons (Fsp3) is 0.423. The first kappa shape index (κ1) is 34.5.